The van der Waals surface area contributed by atoms with Gasteiger partial charge in [-0.05, 0) is 19.2 Å². The average Bonchev–Trinajstić information content (AvgIpc) is 1.94. The predicted molar refractivity (Wildman–Crippen MR) is 49.3 cm³/mol. The second kappa shape index (κ2) is 5.35. The van der Waals surface area contributed by atoms with Crippen LogP contribution in [0.4, 0.5) is 0 Å². The number of nitrogens with zero attached hydrogens (tertiary/aromatic N) is 1. The van der Waals surface area contributed by atoms with E-state index in [0.29, 0.717) is 0 Å². The van der Waals surface area contributed by atoms with Crippen molar-refractivity contribution in [2.75, 3.05) is 7.05 Å². The van der Waals surface area contributed by atoms with Crippen molar-refractivity contribution in [3.05, 3.63) is 29.0 Å². The largest absolute Gasteiger partial charge is 0.314 e. The van der Waals surface area contributed by atoms with Gasteiger partial charge < -0.3 is 5.32 Å². The molecule has 1 rings (SSSR count). The third-order valence-electron chi connectivity index (χ3n) is 1.18. The molecule has 1 N–H and O–H groups in total. The van der Waals surface area contributed by atoms with Crippen molar-refractivity contribution in [3.63, 3.8) is 0 Å². The Hall–Kier alpha value is -0.310. The van der Waals surface area contributed by atoms with Crippen molar-refractivity contribution < 1.29 is 0 Å². The van der Waals surface area contributed by atoms with Crippen LogP contribution in [-0.2, 0) is 6.54 Å². The molecule has 0 fully saturated rings. The number of hydrogen-bond acceptors (Lipinski definition) is 2. The Morgan fingerprint density at radius 3 is 2.91 bits per heavy atom. The van der Waals surface area contributed by atoms with Crippen molar-refractivity contribution in [1.82, 2.24) is 10.3 Å². The number of hydrogen-bond donors (Lipinski definition) is 1. The topological polar surface area (TPSA) is 24.9 Å². The van der Waals surface area contributed by atoms with E-state index in [9.17, 15) is 0 Å². The summed E-state index contributed by atoms with van der Waals surface area (Å²) >= 11 is 5.80. The summed E-state index contributed by atoms with van der Waals surface area (Å²) in [5, 5.41) is 3.70. The molecule has 2 nitrogen and oxygen atoms in total. The zero-order valence-electron chi connectivity index (χ0n) is 6.17. The molecule has 4 heteroatoms. The number of aromatic nitrogens is 1. The van der Waals surface area contributed by atoms with E-state index in [0.717, 1.165) is 17.3 Å². The monoisotopic (exact) mass is 192 g/mol. The lowest BCUT2D eigenvalue weighted by Gasteiger charge is -1.99. The van der Waals surface area contributed by atoms with Crippen molar-refractivity contribution in [1.29, 1.82) is 0 Å². The van der Waals surface area contributed by atoms with Gasteiger partial charge in [0, 0.05) is 12.7 Å². The molecule has 0 saturated heterocycles. The van der Waals surface area contributed by atoms with E-state index in [4.69, 9.17) is 11.6 Å². The highest BCUT2D eigenvalue weighted by Gasteiger charge is 1.96. The Balaban J connectivity index is 0.000001000. The van der Waals surface area contributed by atoms with Crippen LogP contribution in [0.5, 0.6) is 0 Å². The summed E-state index contributed by atoms with van der Waals surface area (Å²) in [5.41, 5.74) is 0.895. The summed E-state index contributed by atoms with van der Waals surface area (Å²) in [6.45, 7) is 0.722. The molecule has 11 heavy (non-hydrogen) atoms. The van der Waals surface area contributed by atoms with E-state index in [-0.39, 0.29) is 12.4 Å². The number of rotatable bonds is 2. The van der Waals surface area contributed by atoms with Crippen molar-refractivity contribution >= 4 is 24.0 Å². The van der Waals surface area contributed by atoms with Crippen LogP contribution in [0.3, 0.4) is 0 Å². The molecule has 62 valence electrons. The third-order valence-corrected chi connectivity index (χ3v) is 1.52. The number of nitrogens with one attached hydrogen (secondary N) is 1. The maximum Gasteiger partial charge on any atom is 0.0727 e. The van der Waals surface area contributed by atoms with Gasteiger partial charge in [-0.15, -0.1) is 12.4 Å². The smallest absolute Gasteiger partial charge is 0.0727 e. The Morgan fingerprint density at radius 1 is 1.64 bits per heavy atom. The van der Waals surface area contributed by atoms with E-state index in [2.05, 4.69) is 10.3 Å². The molecule has 0 atom stereocenters. The van der Waals surface area contributed by atoms with E-state index in [1.165, 1.54) is 0 Å². The highest BCUT2D eigenvalue weighted by Crippen LogP contribution is 2.10. The van der Waals surface area contributed by atoms with Gasteiger partial charge in [-0.3, -0.25) is 4.98 Å². The van der Waals surface area contributed by atoms with Gasteiger partial charge in [0.1, 0.15) is 0 Å². The van der Waals surface area contributed by atoms with Crippen molar-refractivity contribution in [2.45, 2.75) is 6.54 Å². The van der Waals surface area contributed by atoms with Crippen LogP contribution >= 0.6 is 24.0 Å². The second-order valence-corrected chi connectivity index (χ2v) is 2.37. The summed E-state index contributed by atoms with van der Waals surface area (Å²) in [6, 6.07) is 3.66. The molecule has 1 heterocycles. The third kappa shape index (κ3) is 3.06. The molecule has 0 aliphatic rings. The molecular weight excluding hydrogens is 183 g/mol. The molecule has 0 saturated carbocycles. The predicted octanol–water partition coefficient (Wildman–Crippen LogP) is 1.88. The van der Waals surface area contributed by atoms with Crippen LogP contribution in [0.15, 0.2) is 18.3 Å². The Labute approximate surface area is 77.4 Å². The summed E-state index contributed by atoms with van der Waals surface area (Å²) < 4.78 is 0. The van der Waals surface area contributed by atoms with Crippen LogP contribution in [0.2, 0.25) is 5.02 Å². The van der Waals surface area contributed by atoms with Gasteiger partial charge in [0.25, 0.3) is 0 Å². The van der Waals surface area contributed by atoms with Gasteiger partial charge in [0.15, 0.2) is 0 Å². The second-order valence-electron chi connectivity index (χ2n) is 1.96. The highest BCUT2D eigenvalue weighted by atomic mass is 35.5. The molecule has 0 unspecified atom stereocenters. The van der Waals surface area contributed by atoms with Crippen LogP contribution in [-0.4, -0.2) is 12.0 Å². The Morgan fingerprint density at radius 2 is 2.36 bits per heavy atom. The lowest BCUT2D eigenvalue weighted by Crippen LogP contribution is -2.06. The molecule has 1 aromatic rings. The van der Waals surface area contributed by atoms with Crippen LogP contribution < -0.4 is 5.32 Å². The Bertz CT molecular complexity index is 215. The van der Waals surface area contributed by atoms with E-state index >= 15 is 0 Å². The first-order chi connectivity index (χ1) is 4.84. The maximum absolute atomic E-state index is 5.80. The number of pyridine rings is 1. The fraction of sp³-hybridized carbons (Fsp3) is 0.286. The molecule has 0 radical (unpaired) electrons. The minimum absolute atomic E-state index is 0. The number of halogens is 2. The molecule has 0 aliphatic heterocycles. The van der Waals surface area contributed by atoms with Gasteiger partial charge in [-0.1, -0.05) is 11.6 Å². The first-order valence-corrected chi connectivity index (χ1v) is 3.46. The normalized spacial score (nSPS) is 8.91. The summed E-state index contributed by atoms with van der Waals surface area (Å²) in [5.74, 6) is 0. The molecule has 1 aromatic heterocycles. The van der Waals surface area contributed by atoms with Gasteiger partial charge in [-0.25, -0.2) is 0 Å². The van der Waals surface area contributed by atoms with Gasteiger partial charge in [-0.2, -0.15) is 0 Å². The first kappa shape index (κ1) is 10.7. The molecule has 0 aliphatic carbocycles. The fourth-order valence-corrected chi connectivity index (χ4v) is 0.904. The minimum atomic E-state index is 0. The molecule has 0 spiro atoms. The SMILES string of the molecule is CNCc1ncccc1Cl.Cl. The Kier molecular flexibility index (Phi) is 5.20. The lowest BCUT2D eigenvalue weighted by molar-refractivity contribution is 0.791. The van der Waals surface area contributed by atoms with Gasteiger partial charge in [0.2, 0.25) is 0 Å². The van der Waals surface area contributed by atoms with Gasteiger partial charge >= 0.3 is 0 Å². The lowest BCUT2D eigenvalue weighted by atomic mass is 10.3. The van der Waals surface area contributed by atoms with Crippen LogP contribution in [0.25, 0.3) is 0 Å². The van der Waals surface area contributed by atoms with Crippen LogP contribution in [0.1, 0.15) is 5.69 Å². The van der Waals surface area contributed by atoms with Crippen molar-refractivity contribution in [3.8, 4) is 0 Å². The van der Waals surface area contributed by atoms with E-state index < -0.39 is 0 Å². The molecule has 0 bridgehead atoms. The standard InChI is InChI=1S/C7H9ClN2.ClH/c1-9-5-7-6(8)3-2-4-10-7;/h2-4,9H,5H2,1H3;1H. The van der Waals surface area contributed by atoms with E-state index in [1.54, 1.807) is 6.20 Å². The fourth-order valence-electron chi connectivity index (χ4n) is 0.716. The summed E-state index contributed by atoms with van der Waals surface area (Å²) in [7, 11) is 1.87. The zero-order valence-corrected chi connectivity index (χ0v) is 7.75. The summed E-state index contributed by atoms with van der Waals surface area (Å²) in [6.07, 6.45) is 1.73. The van der Waals surface area contributed by atoms with E-state index in [1.807, 2.05) is 19.2 Å². The summed E-state index contributed by atoms with van der Waals surface area (Å²) in [4.78, 5) is 4.07. The van der Waals surface area contributed by atoms with Gasteiger partial charge in [0.05, 0.1) is 10.7 Å². The highest BCUT2D eigenvalue weighted by molar-refractivity contribution is 6.31. The van der Waals surface area contributed by atoms with Crippen molar-refractivity contribution in [2.24, 2.45) is 0 Å². The minimum Gasteiger partial charge on any atom is -0.314 e. The zero-order chi connectivity index (χ0) is 7.40. The molecule has 0 aromatic carbocycles. The molecule has 0 amide bonds. The van der Waals surface area contributed by atoms with Crippen LogP contribution in [0, 0.1) is 0 Å². The maximum atomic E-state index is 5.80. The average molecular weight is 193 g/mol. The first-order valence-electron chi connectivity index (χ1n) is 3.08. The quantitative estimate of drug-likeness (QED) is 0.775. The molecular formula is C7H10Cl2N2.